The van der Waals surface area contributed by atoms with Crippen LogP contribution in [0.1, 0.15) is 38.2 Å². The van der Waals surface area contributed by atoms with Crippen molar-refractivity contribution in [1.29, 1.82) is 0 Å². The molecule has 1 aromatic carbocycles. The van der Waals surface area contributed by atoms with Crippen molar-refractivity contribution in [3.05, 3.63) is 35.9 Å². The monoisotopic (exact) mass is 290 g/mol. The van der Waals surface area contributed by atoms with Crippen molar-refractivity contribution in [3.63, 3.8) is 0 Å². The van der Waals surface area contributed by atoms with Gasteiger partial charge in [0.05, 0.1) is 6.10 Å². The molecule has 21 heavy (non-hydrogen) atoms. The molecule has 1 fully saturated rings. The van der Waals surface area contributed by atoms with Crippen molar-refractivity contribution in [2.75, 3.05) is 26.7 Å². The van der Waals surface area contributed by atoms with Crippen LogP contribution < -0.4 is 5.32 Å². The highest BCUT2D eigenvalue weighted by molar-refractivity contribution is 5.20. The molecule has 0 aliphatic carbocycles. The van der Waals surface area contributed by atoms with E-state index in [0.29, 0.717) is 17.9 Å². The van der Waals surface area contributed by atoms with Gasteiger partial charge < -0.3 is 15.3 Å². The van der Waals surface area contributed by atoms with E-state index in [4.69, 9.17) is 0 Å². The van der Waals surface area contributed by atoms with Gasteiger partial charge in [0.25, 0.3) is 0 Å². The minimum Gasteiger partial charge on any atom is -0.393 e. The molecule has 3 heteroatoms. The van der Waals surface area contributed by atoms with Gasteiger partial charge in [-0.25, -0.2) is 0 Å². The van der Waals surface area contributed by atoms with Gasteiger partial charge >= 0.3 is 0 Å². The van der Waals surface area contributed by atoms with Gasteiger partial charge in [-0.1, -0.05) is 37.3 Å². The third-order valence-corrected chi connectivity index (χ3v) is 4.63. The summed E-state index contributed by atoms with van der Waals surface area (Å²) in [5, 5.41) is 13.5. The van der Waals surface area contributed by atoms with Gasteiger partial charge in [-0.2, -0.15) is 0 Å². The Labute approximate surface area is 129 Å². The van der Waals surface area contributed by atoms with E-state index < -0.39 is 0 Å². The molecule has 1 saturated heterocycles. The fraction of sp³-hybridized carbons (Fsp3) is 0.667. The minimum absolute atomic E-state index is 0.257. The number of benzene rings is 1. The molecule has 3 nitrogen and oxygen atoms in total. The number of aliphatic hydroxyl groups excluding tert-OH is 1. The molecule has 0 spiro atoms. The minimum atomic E-state index is -0.257. The molecule has 4 unspecified atom stereocenters. The normalized spacial score (nSPS) is 26.5. The molecule has 0 radical (unpaired) electrons. The molecule has 2 N–H and O–H groups in total. The van der Waals surface area contributed by atoms with Crippen LogP contribution in [0.5, 0.6) is 0 Å². The molecular formula is C18H30N2O. The Bertz CT molecular complexity index is 407. The number of nitrogens with one attached hydrogen (secondary N) is 1. The van der Waals surface area contributed by atoms with E-state index in [1.54, 1.807) is 0 Å². The predicted molar refractivity (Wildman–Crippen MR) is 88.5 cm³/mol. The van der Waals surface area contributed by atoms with Crippen molar-refractivity contribution >= 4 is 0 Å². The second-order valence-corrected chi connectivity index (χ2v) is 6.74. The topological polar surface area (TPSA) is 35.5 Å². The SMILES string of the molecule is CC(O)CC(CNC1CCN(C)CC1C)c1ccccc1. The summed E-state index contributed by atoms with van der Waals surface area (Å²) in [4.78, 5) is 2.41. The average Bonchev–Trinajstić information content (AvgIpc) is 2.45. The molecular weight excluding hydrogens is 260 g/mol. The Balaban J connectivity index is 1.93. The van der Waals surface area contributed by atoms with Gasteiger partial charge in [0.15, 0.2) is 0 Å². The van der Waals surface area contributed by atoms with E-state index in [0.717, 1.165) is 13.0 Å². The number of nitrogens with zero attached hydrogens (tertiary/aromatic N) is 1. The predicted octanol–water partition coefficient (Wildman–Crippen LogP) is 2.47. The highest BCUT2D eigenvalue weighted by Crippen LogP contribution is 2.22. The quantitative estimate of drug-likeness (QED) is 0.845. The number of hydrogen-bond donors (Lipinski definition) is 2. The van der Waals surface area contributed by atoms with Crippen molar-refractivity contribution in [1.82, 2.24) is 10.2 Å². The fourth-order valence-electron chi connectivity index (χ4n) is 3.43. The Morgan fingerprint density at radius 1 is 1.33 bits per heavy atom. The lowest BCUT2D eigenvalue weighted by molar-refractivity contribution is 0.159. The van der Waals surface area contributed by atoms with Crippen LogP contribution >= 0.6 is 0 Å². The first-order valence-corrected chi connectivity index (χ1v) is 8.21. The maximum Gasteiger partial charge on any atom is 0.0518 e. The molecule has 0 aromatic heterocycles. The van der Waals surface area contributed by atoms with Crippen molar-refractivity contribution < 1.29 is 5.11 Å². The third kappa shape index (κ3) is 5.10. The summed E-state index contributed by atoms with van der Waals surface area (Å²) in [5.74, 6) is 1.07. The molecule has 1 aliphatic heterocycles. The van der Waals surface area contributed by atoms with Crippen LogP contribution in [0.2, 0.25) is 0 Å². The largest absolute Gasteiger partial charge is 0.393 e. The van der Waals surface area contributed by atoms with Gasteiger partial charge in [0.1, 0.15) is 0 Å². The van der Waals surface area contributed by atoms with E-state index >= 15 is 0 Å². The standard InChI is InChI=1S/C18H30N2O/c1-14-13-20(3)10-9-18(14)19-12-17(11-15(2)21)16-7-5-4-6-8-16/h4-8,14-15,17-19,21H,9-13H2,1-3H3. The summed E-state index contributed by atoms with van der Waals surface area (Å²) >= 11 is 0. The number of likely N-dealkylation sites (tertiary alicyclic amines) is 1. The zero-order valence-electron chi connectivity index (χ0n) is 13.6. The molecule has 1 aliphatic rings. The smallest absolute Gasteiger partial charge is 0.0518 e. The third-order valence-electron chi connectivity index (χ3n) is 4.63. The average molecular weight is 290 g/mol. The highest BCUT2D eigenvalue weighted by Gasteiger charge is 2.25. The first-order valence-electron chi connectivity index (χ1n) is 8.21. The Hall–Kier alpha value is -0.900. The highest BCUT2D eigenvalue weighted by atomic mass is 16.3. The summed E-state index contributed by atoms with van der Waals surface area (Å²) in [7, 11) is 2.20. The zero-order valence-corrected chi connectivity index (χ0v) is 13.6. The van der Waals surface area contributed by atoms with Crippen molar-refractivity contribution in [2.45, 2.75) is 44.8 Å². The second kappa shape index (κ2) is 7.92. The lowest BCUT2D eigenvalue weighted by Gasteiger charge is -2.36. The number of piperidine rings is 1. The van der Waals surface area contributed by atoms with Crippen LogP contribution in [0, 0.1) is 5.92 Å². The summed E-state index contributed by atoms with van der Waals surface area (Å²) in [6.45, 7) is 7.51. The Morgan fingerprint density at radius 2 is 2.05 bits per heavy atom. The van der Waals surface area contributed by atoms with Crippen molar-refractivity contribution in [3.8, 4) is 0 Å². The molecule has 4 atom stereocenters. The van der Waals surface area contributed by atoms with Crippen molar-refractivity contribution in [2.24, 2.45) is 5.92 Å². The van der Waals surface area contributed by atoms with Crippen LogP contribution in [0.15, 0.2) is 30.3 Å². The van der Waals surface area contributed by atoms with Gasteiger partial charge in [0, 0.05) is 19.1 Å². The van der Waals surface area contributed by atoms with Gasteiger partial charge in [0.2, 0.25) is 0 Å². The Kier molecular flexibility index (Phi) is 6.22. The molecule has 0 saturated carbocycles. The van der Waals surface area contributed by atoms with Gasteiger partial charge in [-0.15, -0.1) is 0 Å². The van der Waals surface area contributed by atoms with E-state index in [2.05, 4.69) is 54.5 Å². The number of rotatable bonds is 6. The maximum absolute atomic E-state index is 9.77. The summed E-state index contributed by atoms with van der Waals surface area (Å²) in [6, 6.07) is 11.2. The molecule has 2 rings (SSSR count). The summed E-state index contributed by atoms with van der Waals surface area (Å²) in [6.07, 6.45) is 1.78. The van der Waals surface area contributed by atoms with E-state index in [9.17, 15) is 5.11 Å². The molecule has 1 aromatic rings. The lowest BCUT2D eigenvalue weighted by atomic mass is 9.90. The van der Waals surface area contributed by atoms with E-state index in [-0.39, 0.29) is 6.10 Å². The first kappa shape index (κ1) is 16.5. The van der Waals surface area contributed by atoms with Crippen LogP contribution in [-0.2, 0) is 0 Å². The fourth-order valence-corrected chi connectivity index (χ4v) is 3.43. The number of aliphatic hydroxyl groups is 1. The van der Waals surface area contributed by atoms with Crippen LogP contribution in [-0.4, -0.2) is 48.8 Å². The molecule has 118 valence electrons. The Morgan fingerprint density at radius 3 is 2.67 bits per heavy atom. The number of hydrogen-bond acceptors (Lipinski definition) is 3. The first-order chi connectivity index (χ1) is 10.1. The van der Waals surface area contributed by atoms with E-state index in [1.807, 2.05) is 6.92 Å². The second-order valence-electron chi connectivity index (χ2n) is 6.74. The van der Waals surface area contributed by atoms with Gasteiger partial charge in [-0.05, 0) is 50.8 Å². The maximum atomic E-state index is 9.77. The van der Waals surface area contributed by atoms with Gasteiger partial charge in [-0.3, -0.25) is 0 Å². The molecule has 0 amide bonds. The molecule has 1 heterocycles. The summed E-state index contributed by atoms with van der Waals surface area (Å²) < 4.78 is 0. The van der Waals surface area contributed by atoms with E-state index in [1.165, 1.54) is 25.1 Å². The lowest BCUT2D eigenvalue weighted by Crippen LogP contribution is -2.48. The molecule has 0 bridgehead atoms. The van der Waals surface area contributed by atoms with Crippen LogP contribution in [0.25, 0.3) is 0 Å². The zero-order chi connectivity index (χ0) is 15.2. The summed E-state index contributed by atoms with van der Waals surface area (Å²) in [5.41, 5.74) is 1.33. The van der Waals surface area contributed by atoms with Crippen LogP contribution in [0.3, 0.4) is 0 Å². The van der Waals surface area contributed by atoms with Crippen LogP contribution in [0.4, 0.5) is 0 Å².